The second-order valence-electron chi connectivity index (χ2n) is 10.1. The summed E-state index contributed by atoms with van der Waals surface area (Å²) in [6.45, 7) is 13.0. The summed E-state index contributed by atoms with van der Waals surface area (Å²) in [6.07, 6.45) is 2.53. The van der Waals surface area contributed by atoms with Crippen molar-refractivity contribution in [2.24, 2.45) is 5.73 Å². The number of nitrogens with two attached hydrogens (primary N) is 1. The van der Waals surface area contributed by atoms with Gasteiger partial charge in [0.15, 0.2) is 5.78 Å². The van der Waals surface area contributed by atoms with Crippen molar-refractivity contribution in [1.82, 2.24) is 16.0 Å². The third-order valence-electron chi connectivity index (χ3n) is 4.34. The minimum absolute atomic E-state index is 0.141. The summed E-state index contributed by atoms with van der Waals surface area (Å²) in [5, 5.41) is 8.04. The lowest BCUT2D eigenvalue weighted by Gasteiger charge is -2.20. The van der Waals surface area contributed by atoms with Crippen molar-refractivity contribution >= 4 is 23.9 Å². The van der Waals surface area contributed by atoms with Gasteiger partial charge >= 0.3 is 12.2 Å². The van der Waals surface area contributed by atoms with Crippen LogP contribution in [0.3, 0.4) is 0 Å². The maximum absolute atomic E-state index is 12.3. The molecule has 0 aliphatic rings. The van der Waals surface area contributed by atoms with E-state index in [0.717, 1.165) is 0 Å². The van der Waals surface area contributed by atoms with Gasteiger partial charge in [-0.2, -0.15) is 0 Å². The van der Waals surface area contributed by atoms with Gasteiger partial charge in [0.2, 0.25) is 5.91 Å². The van der Waals surface area contributed by atoms with Crippen LogP contribution in [-0.2, 0) is 19.1 Å². The van der Waals surface area contributed by atoms with Crippen molar-refractivity contribution in [1.29, 1.82) is 0 Å². The van der Waals surface area contributed by atoms with E-state index in [9.17, 15) is 19.2 Å². The molecule has 0 bridgehead atoms. The Balaban J connectivity index is 4.14. The SMILES string of the molecule is CC(=O)[C@H](CCCCNC(=O)OC(C)(C)C)NC(=O)[C@@H](N)CCCCNC(=O)OC(C)(C)C. The summed E-state index contributed by atoms with van der Waals surface area (Å²) in [6, 6.07) is -1.35. The van der Waals surface area contributed by atoms with Gasteiger partial charge < -0.3 is 31.2 Å². The first-order chi connectivity index (χ1) is 15.1. The maximum atomic E-state index is 12.3. The second kappa shape index (κ2) is 14.7. The van der Waals surface area contributed by atoms with Crippen LogP contribution < -0.4 is 21.7 Å². The molecular formula is C23H44N4O6. The van der Waals surface area contributed by atoms with Gasteiger partial charge in [0, 0.05) is 13.1 Å². The van der Waals surface area contributed by atoms with Gasteiger partial charge in [-0.05, 0) is 87.0 Å². The van der Waals surface area contributed by atoms with Crippen molar-refractivity contribution < 1.29 is 28.7 Å². The normalized spacial score (nSPS) is 13.5. The van der Waals surface area contributed by atoms with Crippen LogP contribution in [0.2, 0.25) is 0 Å². The van der Waals surface area contributed by atoms with Crippen LogP contribution in [0.25, 0.3) is 0 Å². The van der Waals surface area contributed by atoms with Crippen molar-refractivity contribution in [2.45, 2.75) is 110 Å². The van der Waals surface area contributed by atoms with Gasteiger partial charge in [0.05, 0.1) is 12.1 Å². The predicted molar refractivity (Wildman–Crippen MR) is 127 cm³/mol. The Kier molecular flexibility index (Phi) is 13.7. The summed E-state index contributed by atoms with van der Waals surface area (Å²) < 4.78 is 10.3. The molecule has 10 heteroatoms. The molecule has 0 spiro atoms. The molecule has 0 fully saturated rings. The lowest BCUT2D eigenvalue weighted by molar-refractivity contribution is -0.128. The smallest absolute Gasteiger partial charge is 0.407 e. The minimum Gasteiger partial charge on any atom is -0.444 e. The fourth-order valence-electron chi connectivity index (χ4n) is 2.76. The average molecular weight is 473 g/mol. The molecule has 0 saturated heterocycles. The summed E-state index contributed by atoms with van der Waals surface area (Å²) in [7, 11) is 0. The number of ether oxygens (including phenoxy) is 2. The largest absolute Gasteiger partial charge is 0.444 e. The highest BCUT2D eigenvalue weighted by Gasteiger charge is 2.21. The van der Waals surface area contributed by atoms with E-state index in [4.69, 9.17) is 15.2 Å². The molecule has 0 aromatic rings. The molecule has 0 heterocycles. The first-order valence-electron chi connectivity index (χ1n) is 11.6. The molecule has 10 nitrogen and oxygen atoms in total. The highest BCUT2D eigenvalue weighted by Crippen LogP contribution is 2.08. The van der Waals surface area contributed by atoms with Crippen LogP contribution in [-0.4, -0.2) is 60.3 Å². The molecular weight excluding hydrogens is 428 g/mol. The molecule has 0 aromatic heterocycles. The van der Waals surface area contributed by atoms with Crippen LogP contribution >= 0.6 is 0 Å². The third-order valence-corrected chi connectivity index (χ3v) is 4.34. The van der Waals surface area contributed by atoms with Gasteiger partial charge in [-0.3, -0.25) is 9.59 Å². The number of hydrogen-bond acceptors (Lipinski definition) is 7. The number of hydrogen-bond donors (Lipinski definition) is 4. The van der Waals surface area contributed by atoms with E-state index in [1.54, 1.807) is 41.5 Å². The van der Waals surface area contributed by atoms with E-state index in [0.29, 0.717) is 51.6 Å². The standard InChI is InChI=1S/C23H44N4O6/c1-16(28)18(13-9-11-15-26-21(31)33-23(5,6)7)27-19(29)17(24)12-8-10-14-25-20(30)32-22(2,3)4/h17-18H,8-15,24H2,1-7H3,(H,25,30)(H,26,31)(H,27,29)/t17-,18-/m0/s1. The first kappa shape index (κ1) is 30.6. The predicted octanol–water partition coefficient (Wildman–Crippen LogP) is 2.78. The Morgan fingerprint density at radius 3 is 1.58 bits per heavy atom. The highest BCUT2D eigenvalue weighted by atomic mass is 16.6. The molecule has 0 rings (SSSR count). The molecule has 192 valence electrons. The van der Waals surface area contributed by atoms with Gasteiger partial charge in [-0.15, -0.1) is 0 Å². The molecule has 0 unspecified atom stereocenters. The zero-order valence-corrected chi connectivity index (χ0v) is 21.3. The minimum atomic E-state index is -0.734. The summed E-state index contributed by atoms with van der Waals surface area (Å²) in [5.74, 6) is -0.514. The fraction of sp³-hybridized carbons (Fsp3) is 0.826. The van der Waals surface area contributed by atoms with Crippen molar-refractivity contribution in [3.05, 3.63) is 0 Å². The second-order valence-corrected chi connectivity index (χ2v) is 10.1. The van der Waals surface area contributed by atoms with Crippen LogP contribution in [0.5, 0.6) is 0 Å². The number of alkyl carbamates (subject to hydrolysis) is 2. The van der Waals surface area contributed by atoms with Crippen LogP contribution in [0, 0.1) is 0 Å². The molecule has 0 aromatic carbocycles. The molecule has 0 aliphatic carbocycles. The summed E-state index contributed by atoms with van der Waals surface area (Å²) in [4.78, 5) is 47.4. The third kappa shape index (κ3) is 17.8. The molecule has 0 radical (unpaired) electrons. The van der Waals surface area contributed by atoms with Crippen molar-refractivity contribution in [3.63, 3.8) is 0 Å². The van der Waals surface area contributed by atoms with E-state index in [1.165, 1.54) is 6.92 Å². The summed E-state index contributed by atoms with van der Waals surface area (Å²) >= 11 is 0. The first-order valence-corrected chi connectivity index (χ1v) is 11.6. The highest BCUT2D eigenvalue weighted by molar-refractivity contribution is 5.89. The number of carbonyl (C=O) groups is 4. The van der Waals surface area contributed by atoms with E-state index in [-0.39, 0.29) is 11.7 Å². The quantitative estimate of drug-likeness (QED) is 0.301. The zero-order valence-electron chi connectivity index (χ0n) is 21.3. The maximum Gasteiger partial charge on any atom is 0.407 e. The molecule has 0 saturated carbocycles. The van der Waals surface area contributed by atoms with E-state index in [2.05, 4.69) is 16.0 Å². The number of unbranched alkanes of at least 4 members (excludes halogenated alkanes) is 2. The lowest BCUT2D eigenvalue weighted by Crippen LogP contribution is -2.48. The Morgan fingerprint density at radius 1 is 0.758 bits per heavy atom. The average Bonchev–Trinajstić information content (AvgIpc) is 2.63. The zero-order chi connectivity index (χ0) is 25.7. The van der Waals surface area contributed by atoms with Gasteiger partial charge in [-0.25, -0.2) is 9.59 Å². The number of amides is 3. The van der Waals surface area contributed by atoms with Crippen LogP contribution in [0.15, 0.2) is 0 Å². The van der Waals surface area contributed by atoms with E-state index >= 15 is 0 Å². The number of nitrogens with one attached hydrogen (secondary N) is 3. The fourth-order valence-corrected chi connectivity index (χ4v) is 2.76. The number of carbonyl (C=O) groups excluding carboxylic acids is 4. The van der Waals surface area contributed by atoms with Gasteiger partial charge in [0.1, 0.15) is 11.2 Å². The number of rotatable bonds is 13. The Labute approximate surface area is 198 Å². The molecule has 2 atom stereocenters. The Morgan fingerprint density at radius 2 is 1.18 bits per heavy atom. The van der Waals surface area contributed by atoms with Crippen molar-refractivity contribution in [2.75, 3.05) is 13.1 Å². The van der Waals surface area contributed by atoms with Crippen molar-refractivity contribution in [3.8, 4) is 0 Å². The van der Waals surface area contributed by atoms with E-state index in [1.807, 2.05) is 0 Å². The monoisotopic (exact) mass is 472 g/mol. The number of Topliss-reactive ketones (excluding diaryl/α,β-unsaturated/α-hetero) is 1. The molecule has 5 N–H and O–H groups in total. The lowest BCUT2D eigenvalue weighted by atomic mass is 10.0. The summed E-state index contributed by atoms with van der Waals surface area (Å²) in [5.41, 5.74) is 4.85. The van der Waals surface area contributed by atoms with Gasteiger partial charge in [0.25, 0.3) is 0 Å². The van der Waals surface area contributed by atoms with Crippen LogP contribution in [0.1, 0.15) is 87.0 Å². The Bertz CT molecular complexity index is 640. The van der Waals surface area contributed by atoms with Crippen LogP contribution in [0.4, 0.5) is 9.59 Å². The number of ketones is 1. The van der Waals surface area contributed by atoms with Gasteiger partial charge in [-0.1, -0.05) is 0 Å². The topological polar surface area (TPSA) is 149 Å². The Hall–Kier alpha value is -2.36. The molecule has 0 aliphatic heterocycles. The molecule has 33 heavy (non-hydrogen) atoms. The van der Waals surface area contributed by atoms with E-state index < -0.39 is 35.5 Å². The molecule has 3 amide bonds.